The fraction of sp³-hybridized carbons (Fsp3) is 0.375. The monoisotopic (exact) mass is 373 g/mol. The smallest absolute Gasteiger partial charge is 0.435 e. The number of aromatic nitrogens is 2. The molecule has 1 aromatic heterocycles. The van der Waals surface area contributed by atoms with E-state index in [1.54, 1.807) is 32.9 Å². The maximum atomic E-state index is 13.0. The van der Waals surface area contributed by atoms with Crippen molar-refractivity contribution in [1.82, 2.24) is 9.78 Å². The van der Waals surface area contributed by atoms with Crippen molar-refractivity contribution in [3.8, 4) is 0 Å². The van der Waals surface area contributed by atoms with Gasteiger partial charge in [-0.2, -0.15) is 18.3 Å². The van der Waals surface area contributed by atoms with Crippen LogP contribution in [0.15, 0.2) is 18.2 Å². The lowest BCUT2D eigenvalue weighted by Crippen LogP contribution is -2.26. The molecule has 1 aliphatic rings. The molecule has 0 spiro atoms. The van der Waals surface area contributed by atoms with E-state index in [0.29, 0.717) is 26.6 Å². The number of hydrogen-bond acceptors (Lipinski definition) is 3. The zero-order chi connectivity index (χ0) is 18.5. The maximum absolute atomic E-state index is 13.0. The SMILES string of the molecule is Cc1cc(Cl)cc2c1[N+]([O-])=C(c1cc(C(F)(F)F)nn1C(C)C)OC2. The van der Waals surface area contributed by atoms with Crippen LogP contribution in [0.4, 0.5) is 18.9 Å². The topological polar surface area (TPSA) is 53.1 Å². The van der Waals surface area contributed by atoms with E-state index >= 15 is 0 Å². The van der Waals surface area contributed by atoms with Gasteiger partial charge < -0.3 is 9.94 Å². The second kappa shape index (κ2) is 5.94. The van der Waals surface area contributed by atoms with Crippen LogP contribution in [0.25, 0.3) is 0 Å². The summed E-state index contributed by atoms with van der Waals surface area (Å²) < 4.78 is 46.2. The van der Waals surface area contributed by atoms with Crippen molar-refractivity contribution >= 4 is 23.2 Å². The molecule has 0 saturated carbocycles. The molecule has 0 amide bonds. The molecule has 9 heteroatoms. The molecule has 25 heavy (non-hydrogen) atoms. The van der Waals surface area contributed by atoms with Gasteiger partial charge in [-0.3, -0.25) is 4.68 Å². The average molecular weight is 374 g/mol. The van der Waals surface area contributed by atoms with Crippen molar-refractivity contribution in [2.75, 3.05) is 0 Å². The Labute approximate surface area is 146 Å². The van der Waals surface area contributed by atoms with Gasteiger partial charge >= 0.3 is 12.1 Å². The predicted octanol–water partition coefficient (Wildman–Crippen LogP) is 4.56. The van der Waals surface area contributed by atoms with Crippen LogP contribution in [0.3, 0.4) is 0 Å². The first kappa shape index (κ1) is 17.6. The Bertz CT molecular complexity index is 872. The van der Waals surface area contributed by atoms with Gasteiger partial charge in [-0.25, -0.2) is 0 Å². The molecule has 1 aliphatic heterocycles. The van der Waals surface area contributed by atoms with Crippen LogP contribution in [0.2, 0.25) is 5.02 Å². The van der Waals surface area contributed by atoms with Crippen LogP contribution in [0, 0.1) is 12.1 Å². The molecule has 3 rings (SSSR count). The molecule has 0 saturated heterocycles. The molecule has 2 heterocycles. The Balaban J connectivity index is 2.21. The maximum Gasteiger partial charge on any atom is 0.435 e. The summed E-state index contributed by atoms with van der Waals surface area (Å²) in [6.45, 7) is 5.09. The minimum absolute atomic E-state index is 0.0164. The number of aryl methyl sites for hydroxylation is 1. The molecule has 0 bridgehead atoms. The zero-order valence-electron chi connectivity index (χ0n) is 13.7. The molecule has 1 aromatic carbocycles. The number of benzene rings is 1. The molecule has 134 valence electrons. The van der Waals surface area contributed by atoms with Crippen LogP contribution in [-0.2, 0) is 17.5 Å². The Morgan fingerprint density at radius 1 is 1.32 bits per heavy atom. The third-order valence-corrected chi connectivity index (χ3v) is 4.05. The fourth-order valence-corrected chi connectivity index (χ4v) is 3.07. The minimum Gasteiger partial charge on any atom is -0.616 e. The van der Waals surface area contributed by atoms with Crippen molar-refractivity contribution in [1.29, 1.82) is 0 Å². The standard InChI is InChI=1S/C16H15ClF3N3O2/c1-8(2)22-12(6-13(21-22)16(18,19)20)15-23(24)14-9(3)4-11(17)5-10(14)7-25-15/h4-6,8H,7H2,1-3H3. The van der Waals surface area contributed by atoms with Gasteiger partial charge in [0, 0.05) is 22.7 Å². The number of fused-ring (bicyclic) bond motifs is 1. The lowest BCUT2D eigenvalue weighted by atomic mass is 10.1. The summed E-state index contributed by atoms with van der Waals surface area (Å²) in [7, 11) is 0. The summed E-state index contributed by atoms with van der Waals surface area (Å²) >= 11 is 5.98. The average Bonchev–Trinajstić information content (AvgIpc) is 2.92. The Morgan fingerprint density at radius 3 is 2.60 bits per heavy atom. The highest BCUT2D eigenvalue weighted by atomic mass is 35.5. The first-order chi connectivity index (χ1) is 11.6. The van der Waals surface area contributed by atoms with Gasteiger partial charge in [-0.1, -0.05) is 11.6 Å². The summed E-state index contributed by atoms with van der Waals surface area (Å²) in [6, 6.07) is 3.67. The summed E-state index contributed by atoms with van der Waals surface area (Å²) in [4.78, 5) is 0. The molecule has 0 fully saturated rings. The van der Waals surface area contributed by atoms with E-state index in [-0.39, 0.29) is 24.2 Å². The number of ether oxygens (including phenoxy) is 1. The lowest BCUT2D eigenvalue weighted by Gasteiger charge is -2.21. The third kappa shape index (κ3) is 3.06. The Morgan fingerprint density at radius 2 is 2.00 bits per heavy atom. The van der Waals surface area contributed by atoms with E-state index < -0.39 is 11.9 Å². The zero-order valence-corrected chi connectivity index (χ0v) is 14.4. The molecular weight excluding hydrogens is 359 g/mol. The van der Waals surface area contributed by atoms with Crippen LogP contribution >= 0.6 is 11.6 Å². The van der Waals surface area contributed by atoms with Gasteiger partial charge in [0.25, 0.3) is 0 Å². The summed E-state index contributed by atoms with van der Waals surface area (Å²) in [5.41, 5.74) is 0.438. The summed E-state index contributed by atoms with van der Waals surface area (Å²) in [6.07, 6.45) is -4.61. The molecule has 0 unspecified atom stereocenters. The highest BCUT2D eigenvalue weighted by Crippen LogP contribution is 2.34. The number of alkyl halides is 3. The van der Waals surface area contributed by atoms with Gasteiger partial charge in [0.05, 0.1) is 5.56 Å². The molecule has 0 N–H and O–H groups in total. The van der Waals surface area contributed by atoms with Crippen molar-refractivity contribution in [3.05, 3.63) is 50.9 Å². The van der Waals surface area contributed by atoms with E-state index in [4.69, 9.17) is 16.3 Å². The molecule has 5 nitrogen and oxygen atoms in total. The number of hydrogen-bond donors (Lipinski definition) is 0. The second-order valence-electron chi connectivity index (χ2n) is 6.07. The summed E-state index contributed by atoms with van der Waals surface area (Å²) in [5, 5.41) is 16.8. The van der Waals surface area contributed by atoms with Crippen molar-refractivity contribution in [2.45, 2.75) is 39.6 Å². The fourth-order valence-electron chi connectivity index (χ4n) is 2.78. The minimum atomic E-state index is -4.61. The summed E-state index contributed by atoms with van der Waals surface area (Å²) in [5.74, 6) is -0.213. The molecule has 0 aliphatic carbocycles. The normalized spacial score (nSPS) is 14.7. The van der Waals surface area contributed by atoms with Gasteiger partial charge in [-0.15, -0.1) is 4.74 Å². The van der Waals surface area contributed by atoms with Crippen LogP contribution in [0.1, 0.15) is 42.4 Å². The number of rotatable bonds is 2. The van der Waals surface area contributed by atoms with Gasteiger partial charge in [0.15, 0.2) is 11.4 Å². The van der Waals surface area contributed by atoms with Gasteiger partial charge in [0.1, 0.15) is 6.61 Å². The molecular formula is C16H15ClF3N3O2. The van der Waals surface area contributed by atoms with Crippen molar-refractivity contribution in [2.24, 2.45) is 0 Å². The third-order valence-electron chi connectivity index (χ3n) is 3.83. The first-order valence-corrected chi connectivity index (χ1v) is 7.90. The van der Waals surface area contributed by atoms with E-state index in [0.717, 1.165) is 10.7 Å². The van der Waals surface area contributed by atoms with E-state index in [1.165, 1.54) is 0 Å². The Kier molecular flexibility index (Phi) is 4.18. The first-order valence-electron chi connectivity index (χ1n) is 7.52. The van der Waals surface area contributed by atoms with Crippen LogP contribution < -0.4 is 0 Å². The van der Waals surface area contributed by atoms with E-state index in [9.17, 15) is 18.4 Å². The van der Waals surface area contributed by atoms with Gasteiger partial charge in [0.2, 0.25) is 5.69 Å². The van der Waals surface area contributed by atoms with E-state index in [2.05, 4.69) is 5.10 Å². The second-order valence-corrected chi connectivity index (χ2v) is 6.51. The highest BCUT2D eigenvalue weighted by molar-refractivity contribution is 6.30. The lowest BCUT2D eigenvalue weighted by molar-refractivity contribution is -0.380. The largest absolute Gasteiger partial charge is 0.616 e. The predicted molar refractivity (Wildman–Crippen MR) is 86.0 cm³/mol. The molecule has 2 aromatic rings. The Hall–Kier alpha value is -2.22. The molecule has 0 atom stereocenters. The quantitative estimate of drug-likeness (QED) is 0.572. The highest BCUT2D eigenvalue weighted by Gasteiger charge is 2.39. The van der Waals surface area contributed by atoms with Crippen molar-refractivity contribution in [3.63, 3.8) is 0 Å². The van der Waals surface area contributed by atoms with Gasteiger partial charge in [-0.05, 0) is 32.9 Å². The van der Waals surface area contributed by atoms with E-state index in [1.807, 2.05) is 0 Å². The molecule has 0 radical (unpaired) electrons. The van der Waals surface area contributed by atoms with Crippen LogP contribution in [0.5, 0.6) is 0 Å². The number of halogens is 4. The van der Waals surface area contributed by atoms with Crippen molar-refractivity contribution < 1.29 is 22.6 Å². The van der Waals surface area contributed by atoms with Crippen LogP contribution in [-0.4, -0.2) is 20.4 Å². The number of nitrogens with zero attached hydrogens (tertiary/aromatic N) is 3.